The first-order valence-corrected chi connectivity index (χ1v) is 7.55. The number of rotatable bonds is 1. The smallest absolute Gasteiger partial charge is 0.407 e. The molecule has 0 bridgehead atoms. The van der Waals surface area contributed by atoms with Crippen LogP contribution in [0, 0.1) is 17.2 Å². The van der Waals surface area contributed by atoms with E-state index >= 15 is 0 Å². The molecule has 1 rings (SSSR count). The van der Waals surface area contributed by atoms with Crippen molar-refractivity contribution in [2.24, 2.45) is 5.92 Å². The molecule has 0 radical (unpaired) electrons. The van der Waals surface area contributed by atoms with Crippen LogP contribution in [-0.4, -0.2) is 37.7 Å². The van der Waals surface area contributed by atoms with Crippen LogP contribution in [0.15, 0.2) is 0 Å². The normalized spacial score (nSPS) is 27.0. The molecule has 1 fully saturated rings. The van der Waals surface area contributed by atoms with Gasteiger partial charge < -0.3 is 10.1 Å². The Bertz CT molecular complexity index is 458. The maximum atomic E-state index is 11.6. The maximum Gasteiger partial charge on any atom is 0.407 e. The monoisotopic (exact) mass is 274 g/mol. The van der Waals surface area contributed by atoms with E-state index < -0.39 is 33.5 Å². The van der Waals surface area contributed by atoms with Crippen molar-refractivity contribution in [1.29, 1.82) is 5.26 Å². The summed E-state index contributed by atoms with van der Waals surface area (Å²) in [5.74, 6) is -0.691. The number of hydrogen-bond donors (Lipinski definition) is 1. The number of nitriles is 1. The molecule has 0 aromatic heterocycles. The molecule has 1 aliphatic rings. The zero-order valence-corrected chi connectivity index (χ0v) is 11.6. The van der Waals surface area contributed by atoms with E-state index in [1.807, 2.05) is 6.07 Å². The highest BCUT2D eigenvalue weighted by molar-refractivity contribution is 7.91. The molecule has 0 aromatic carbocycles. The van der Waals surface area contributed by atoms with Crippen LogP contribution in [0.4, 0.5) is 4.79 Å². The van der Waals surface area contributed by atoms with Crippen LogP contribution in [0.5, 0.6) is 0 Å². The molecule has 7 heteroatoms. The van der Waals surface area contributed by atoms with Gasteiger partial charge in [0.2, 0.25) is 0 Å². The molecule has 2 unspecified atom stereocenters. The Hall–Kier alpha value is -1.29. The molecule has 1 aliphatic heterocycles. The van der Waals surface area contributed by atoms with Crippen LogP contribution in [0.1, 0.15) is 27.2 Å². The van der Waals surface area contributed by atoms with E-state index in [9.17, 15) is 13.2 Å². The van der Waals surface area contributed by atoms with E-state index in [4.69, 9.17) is 10.00 Å². The largest absolute Gasteiger partial charge is 0.444 e. The van der Waals surface area contributed by atoms with Gasteiger partial charge in [-0.1, -0.05) is 0 Å². The SMILES string of the molecule is CC(C)(C)OC(=O)NC1CS(=O)(=O)CCC1C#N. The average molecular weight is 274 g/mol. The number of nitrogens with zero attached hydrogens (tertiary/aromatic N) is 1. The molecule has 6 nitrogen and oxygen atoms in total. The molecule has 0 aliphatic carbocycles. The molecule has 0 saturated carbocycles. The maximum absolute atomic E-state index is 11.6. The second kappa shape index (κ2) is 5.14. The number of carbonyl (C=O) groups excluding carboxylic acids is 1. The Morgan fingerprint density at radius 3 is 2.56 bits per heavy atom. The summed E-state index contributed by atoms with van der Waals surface area (Å²) in [7, 11) is -3.19. The van der Waals surface area contributed by atoms with Gasteiger partial charge in [-0.3, -0.25) is 0 Å². The Kier molecular flexibility index (Phi) is 4.22. The van der Waals surface area contributed by atoms with Crippen LogP contribution >= 0.6 is 0 Å². The average Bonchev–Trinajstić information content (AvgIpc) is 2.13. The van der Waals surface area contributed by atoms with E-state index in [2.05, 4.69) is 5.32 Å². The molecule has 0 spiro atoms. The van der Waals surface area contributed by atoms with Gasteiger partial charge in [-0.15, -0.1) is 0 Å². The number of alkyl carbamates (subject to hydrolysis) is 1. The molecule has 1 heterocycles. The summed E-state index contributed by atoms with van der Waals surface area (Å²) in [4.78, 5) is 11.6. The number of carbonyl (C=O) groups is 1. The van der Waals surface area contributed by atoms with Crippen molar-refractivity contribution in [3.63, 3.8) is 0 Å². The summed E-state index contributed by atoms with van der Waals surface area (Å²) in [6.45, 7) is 5.14. The van der Waals surface area contributed by atoms with Crippen LogP contribution in [0.2, 0.25) is 0 Å². The van der Waals surface area contributed by atoms with Crippen LogP contribution in [0.3, 0.4) is 0 Å². The highest BCUT2D eigenvalue weighted by Gasteiger charge is 2.35. The van der Waals surface area contributed by atoms with Gasteiger partial charge in [0, 0.05) is 0 Å². The lowest BCUT2D eigenvalue weighted by atomic mass is 10.00. The lowest BCUT2D eigenvalue weighted by Crippen LogP contribution is -2.49. The number of nitrogens with one attached hydrogen (secondary N) is 1. The van der Waals surface area contributed by atoms with Gasteiger partial charge in [0.25, 0.3) is 0 Å². The third-order valence-corrected chi connectivity index (χ3v) is 4.25. The Morgan fingerprint density at radius 1 is 1.44 bits per heavy atom. The summed E-state index contributed by atoms with van der Waals surface area (Å²) in [5.41, 5.74) is -0.653. The first kappa shape index (κ1) is 14.8. The Labute approximate surface area is 107 Å². The van der Waals surface area contributed by atoms with Gasteiger partial charge in [0.15, 0.2) is 9.84 Å². The van der Waals surface area contributed by atoms with E-state index in [0.717, 1.165) is 0 Å². The first-order chi connectivity index (χ1) is 8.13. The van der Waals surface area contributed by atoms with Gasteiger partial charge in [0.1, 0.15) is 5.60 Å². The van der Waals surface area contributed by atoms with Crippen LogP contribution in [-0.2, 0) is 14.6 Å². The van der Waals surface area contributed by atoms with Crippen molar-refractivity contribution in [2.45, 2.75) is 38.8 Å². The molecule has 1 amide bonds. The molecule has 1 saturated heterocycles. The lowest BCUT2D eigenvalue weighted by molar-refractivity contribution is 0.0498. The Morgan fingerprint density at radius 2 is 2.06 bits per heavy atom. The van der Waals surface area contributed by atoms with Gasteiger partial charge in [-0.05, 0) is 27.2 Å². The predicted molar refractivity (Wildman–Crippen MR) is 65.5 cm³/mol. The van der Waals surface area contributed by atoms with Gasteiger partial charge >= 0.3 is 6.09 Å². The fourth-order valence-electron chi connectivity index (χ4n) is 1.74. The summed E-state index contributed by atoms with van der Waals surface area (Å²) in [6, 6.07) is 1.33. The second-order valence-corrected chi connectivity index (χ2v) is 7.62. The van der Waals surface area contributed by atoms with E-state index in [-0.39, 0.29) is 17.9 Å². The van der Waals surface area contributed by atoms with Crippen molar-refractivity contribution >= 4 is 15.9 Å². The van der Waals surface area contributed by atoms with Crippen LogP contribution < -0.4 is 5.32 Å². The summed E-state index contributed by atoms with van der Waals surface area (Å²) in [5, 5.41) is 11.4. The van der Waals surface area contributed by atoms with Gasteiger partial charge in [-0.25, -0.2) is 13.2 Å². The molecular formula is C11H18N2O4S. The molecule has 1 N–H and O–H groups in total. The number of hydrogen-bond acceptors (Lipinski definition) is 5. The lowest BCUT2D eigenvalue weighted by Gasteiger charge is -2.28. The topological polar surface area (TPSA) is 96.3 Å². The van der Waals surface area contributed by atoms with E-state index in [1.54, 1.807) is 20.8 Å². The minimum absolute atomic E-state index is 0.00226. The van der Waals surface area contributed by atoms with E-state index in [0.29, 0.717) is 0 Å². The first-order valence-electron chi connectivity index (χ1n) is 5.72. The quantitative estimate of drug-likeness (QED) is 0.764. The van der Waals surface area contributed by atoms with E-state index in [1.165, 1.54) is 0 Å². The predicted octanol–water partition coefficient (Wildman–Crippen LogP) is 0.838. The summed E-state index contributed by atoms with van der Waals surface area (Å²) >= 11 is 0. The number of sulfone groups is 1. The second-order valence-electron chi connectivity index (χ2n) is 5.39. The minimum atomic E-state index is -3.19. The third kappa shape index (κ3) is 4.53. The highest BCUT2D eigenvalue weighted by atomic mass is 32.2. The molecule has 18 heavy (non-hydrogen) atoms. The molecule has 2 atom stereocenters. The highest BCUT2D eigenvalue weighted by Crippen LogP contribution is 2.19. The summed E-state index contributed by atoms with van der Waals surface area (Å²) < 4.78 is 28.0. The number of amides is 1. The number of ether oxygens (including phenoxy) is 1. The van der Waals surface area contributed by atoms with Crippen molar-refractivity contribution in [1.82, 2.24) is 5.32 Å². The van der Waals surface area contributed by atoms with Crippen molar-refractivity contribution < 1.29 is 17.9 Å². The van der Waals surface area contributed by atoms with Crippen LogP contribution in [0.25, 0.3) is 0 Å². The summed E-state index contributed by atoms with van der Waals surface area (Å²) in [6.07, 6.45) is -0.441. The third-order valence-electron chi connectivity index (χ3n) is 2.53. The fraction of sp³-hybridized carbons (Fsp3) is 0.818. The zero-order chi connectivity index (χ0) is 14.0. The zero-order valence-electron chi connectivity index (χ0n) is 10.8. The van der Waals surface area contributed by atoms with Crippen molar-refractivity contribution in [3.8, 4) is 6.07 Å². The fourth-order valence-corrected chi connectivity index (χ4v) is 3.38. The van der Waals surface area contributed by atoms with Gasteiger partial charge in [-0.2, -0.15) is 5.26 Å². The molecular weight excluding hydrogens is 256 g/mol. The van der Waals surface area contributed by atoms with Crippen molar-refractivity contribution in [3.05, 3.63) is 0 Å². The molecule has 0 aromatic rings. The van der Waals surface area contributed by atoms with Crippen molar-refractivity contribution in [2.75, 3.05) is 11.5 Å². The standard InChI is InChI=1S/C11H18N2O4S/c1-11(2,3)17-10(14)13-9-7-18(15,16)5-4-8(9)6-12/h8-9H,4-5,7H2,1-3H3,(H,13,14). The van der Waals surface area contributed by atoms with Gasteiger partial charge in [0.05, 0.1) is 29.5 Å². The minimum Gasteiger partial charge on any atom is -0.444 e. The Balaban J connectivity index is 2.68. The molecule has 102 valence electrons.